The van der Waals surface area contributed by atoms with E-state index in [9.17, 15) is 8.42 Å². The number of nitrogens with one attached hydrogen (secondary N) is 2. The Kier molecular flexibility index (Phi) is 4.99. The van der Waals surface area contributed by atoms with E-state index >= 15 is 0 Å². The summed E-state index contributed by atoms with van der Waals surface area (Å²) in [6.07, 6.45) is 1.96. The molecule has 1 aliphatic heterocycles. The van der Waals surface area contributed by atoms with Gasteiger partial charge in [-0.2, -0.15) is 5.26 Å². The first-order valence-electron chi connectivity index (χ1n) is 7.10. The van der Waals surface area contributed by atoms with Crippen LogP contribution in [0, 0.1) is 16.7 Å². The van der Waals surface area contributed by atoms with Crippen LogP contribution >= 0.6 is 0 Å². The summed E-state index contributed by atoms with van der Waals surface area (Å²) in [5.41, 5.74) is 1.26. The molecule has 0 atom stereocenters. The van der Waals surface area contributed by atoms with E-state index in [1.54, 1.807) is 24.3 Å². The maximum atomic E-state index is 12.1. The zero-order chi connectivity index (χ0) is 15.3. The molecular formula is C15H21N3O2S. The van der Waals surface area contributed by atoms with Crippen molar-refractivity contribution in [3.8, 4) is 6.07 Å². The van der Waals surface area contributed by atoms with Gasteiger partial charge < -0.3 is 5.32 Å². The van der Waals surface area contributed by atoms with E-state index in [0.717, 1.165) is 25.9 Å². The van der Waals surface area contributed by atoms with Crippen LogP contribution < -0.4 is 10.0 Å². The number of benzene rings is 1. The van der Waals surface area contributed by atoms with Crippen LogP contribution in [0.5, 0.6) is 0 Å². The largest absolute Gasteiger partial charge is 0.317 e. The van der Waals surface area contributed by atoms with Crippen LogP contribution in [0.3, 0.4) is 0 Å². The molecule has 21 heavy (non-hydrogen) atoms. The summed E-state index contributed by atoms with van der Waals surface area (Å²) in [4.78, 5) is 0. The van der Waals surface area contributed by atoms with Gasteiger partial charge in [-0.3, -0.25) is 0 Å². The molecule has 1 aliphatic rings. The van der Waals surface area contributed by atoms with Crippen molar-refractivity contribution >= 4 is 10.0 Å². The Morgan fingerprint density at radius 2 is 1.90 bits per heavy atom. The molecular weight excluding hydrogens is 286 g/mol. The summed E-state index contributed by atoms with van der Waals surface area (Å²) in [6.45, 7) is 4.48. The third-order valence-corrected chi connectivity index (χ3v) is 5.27. The predicted octanol–water partition coefficient (Wildman–Crippen LogP) is 1.37. The van der Waals surface area contributed by atoms with Gasteiger partial charge in [0.1, 0.15) is 0 Å². The van der Waals surface area contributed by atoms with Crippen molar-refractivity contribution in [1.29, 1.82) is 5.26 Å². The van der Waals surface area contributed by atoms with E-state index in [1.165, 1.54) is 0 Å². The van der Waals surface area contributed by atoms with Crippen molar-refractivity contribution < 1.29 is 8.42 Å². The van der Waals surface area contributed by atoms with Gasteiger partial charge in [0.15, 0.2) is 0 Å². The first-order chi connectivity index (χ1) is 9.92. The van der Waals surface area contributed by atoms with E-state index in [2.05, 4.69) is 17.0 Å². The lowest BCUT2D eigenvalue weighted by atomic mass is 9.81. The lowest BCUT2D eigenvalue weighted by Crippen LogP contribution is -2.43. The average Bonchev–Trinajstić information content (AvgIpc) is 2.47. The number of hydrogen-bond acceptors (Lipinski definition) is 4. The Bertz CT molecular complexity index is 611. The molecule has 2 N–H and O–H groups in total. The molecule has 0 spiro atoms. The molecule has 1 saturated heterocycles. The van der Waals surface area contributed by atoms with Gasteiger partial charge in [-0.05, 0) is 49.0 Å². The molecule has 0 unspecified atom stereocenters. The van der Waals surface area contributed by atoms with Crippen molar-refractivity contribution in [3.63, 3.8) is 0 Å². The van der Waals surface area contributed by atoms with E-state index < -0.39 is 10.0 Å². The van der Waals surface area contributed by atoms with E-state index in [1.807, 2.05) is 6.07 Å². The van der Waals surface area contributed by atoms with Crippen molar-refractivity contribution in [3.05, 3.63) is 35.4 Å². The van der Waals surface area contributed by atoms with Crippen molar-refractivity contribution in [2.24, 2.45) is 5.41 Å². The topological polar surface area (TPSA) is 82.0 Å². The lowest BCUT2D eigenvalue weighted by molar-refractivity contribution is 0.232. The van der Waals surface area contributed by atoms with Crippen LogP contribution in [-0.2, 0) is 15.8 Å². The lowest BCUT2D eigenvalue weighted by Gasteiger charge is -2.34. The molecule has 1 heterocycles. The quantitative estimate of drug-likeness (QED) is 0.860. The van der Waals surface area contributed by atoms with Crippen molar-refractivity contribution in [1.82, 2.24) is 10.0 Å². The molecule has 5 nitrogen and oxygen atoms in total. The second kappa shape index (κ2) is 6.56. The summed E-state index contributed by atoms with van der Waals surface area (Å²) in [7, 11) is -3.35. The molecule has 114 valence electrons. The summed E-state index contributed by atoms with van der Waals surface area (Å²) in [5.74, 6) is -0.0486. The summed E-state index contributed by atoms with van der Waals surface area (Å²) < 4.78 is 27.0. The van der Waals surface area contributed by atoms with Crippen LogP contribution in [0.15, 0.2) is 24.3 Å². The Balaban J connectivity index is 1.93. The third kappa shape index (κ3) is 4.81. The number of sulfonamides is 1. The van der Waals surface area contributed by atoms with Crippen LogP contribution in [0.1, 0.15) is 30.9 Å². The van der Waals surface area contributed by atoms with Crippen LogP contribution in [0.4, 0.5) is 0 Å². The highest BCUT2D eigenvalue weighted by Gasteiger charge is 2.28. The first-order valence-corrected chi connectivity index (χ1v) is 8.75. The molecule has 0 amide bonds. The molecule has 1 aromatic carbocycles. The average molecular weight is 307 g/mol. The fourth-order valence-electron chi connectivity index (χ4n) is 2.44. The Morgan fingerprint density at radius 3 is 2.48 bits per heavy atom. The van der Waals surface area contributed by atoms with Crippen LogP contribution in [0.2, 0.25) is 0 Å². The maximum absolute atomic E-state index is 12.1. The van der Waals surface area contributed by atoms with Gasteiger partial charge >= 0.3 is 0 Å². The predicted molar refractivity (Wildman–Crippen MR) is 82.0 cm³/mol. The van der Waals surface area contributed by atoms with Gasteiger partial charge in [0, 0.05) is 6.54 Å². The molecule has 1 aromatic rings. The molecule has 0 aromatic heterocycles. The van der Waals surface area contributed by atoms with Crippen LogP contribution in [-0.4, -0.2) is 28.1 Å². The Morgan fingerprint density at radius 1 is 1.29 bits per heavy atom. The minimum absolute atomic E-state index is 0.0307. The van der Waals surface area contributed by atoms with Gasteiger partial charge in [-0.15, -0.1) is 0 Å². The van der Waals surface area contributed by atoms with Crippen LogP contribution in [0.25, 0.3) is 0 Å². The van der Waals surface area contributed by atoms with Gasteiger partial charge in [-0.1, -0.05) is 19.1 Å². The molecule has 6 heteroatoms. The molecule has 1 fully saturated rings. The number of nitriles is 1. The normalized spacial score (nSPS) is 18.1. The van der Waals surface area contributed by atoms with Gasteiger partial charge in [-0.25, -0.2) is 13.1 Å². The third-order valence-electron chi connectivity index (χ3n) is 3.97. The zero-order valence-corrected chi connectivity index (χ0v) is 13.0. The standard InChI is InChI=1S/C15H21N3O2S/c1-15(6-8-17-9-7-15)12-18-21(19,20)11-14-4-2-13(10-16)3-5-14/h2-5,17-18H,6-9,11-12H2,1H3. The highest BCUT2D eigenvalue weighted by molar-refractivity contribution is 7.88. The minimum atomic E-state index is -3.35. The smallest absolute Gasteiger partial charge is 0.215 e. The molecule has 0 radical (unpaired) electrons. The molecule has 0 saturated carbocycles. The van der Waals surface area contributed by atoms with E-state index in [-0.39, 0.29) is 11.2 Å². The number of rotatable bonds is 5. The molecule has 0 aliphatic carbocycles. The summed E-state index contributed by atoms with van der Waals surface area (Å²) >= 11 is 0. The van der Waals surface area contributed by atoms with Crippen molar-refractivity contribution in [2.45, 2.75) is 25.5 Å². The maximum Gasteiger partial charge on any atom is 0.215 e. The first kappa shape index (κ1) is 16.0. The SMILES string of the molecule is CC1(CNS(=O)(=O)Cc2ccc(C#N)cc2)CCNCC1. The monoisotopic (exact) mass is 307 g/mol. The second-order valence-corrected chi connectivity index (χ2v) is 7.76. The zero-order valence-electron chi connectivity index (χ0n) is 12.2. The Hall–Kier alpha value is -1.42. The highest BCUT2D eigenvalue weighted by Crippen LogP contribution is 2.27. The van der Waals surface area contributed by atoms with Gasteiger partial charge in [0.2, 0.25) is 10.0 Å². The molecule has 0 bridgehead atoms. The highest BCUT2D eigenvalue weighted by atomic mass is 32.2. The number of nitrogens with zero attached hydrogens (tertiary/aromatic N) is 1. The Labute approximate surface area is 126 Å². The van der Waals surface area contributed by atoms with Gasteiger partial charge in [0.05, 0.1) is 17.4 Å². The van der Waals surface area contributed by atoms with Crippen molar-refractivity contribution in [2.75, 3.05) is 19.6 Å². The van der Waals surface area contributed by atoms with E-state index in [4.69, 9.17) is 5.26 Å². The summed E-state index contributed by atoms with van der Waals surface area (Å²) in [6, 6.07) is 8.66. The molecule has 2 rings (SSSR count). The van der Waals surface area contributed by atoms with Gasteiger partial charge in [0.25, 0.3) is 0 Å². The van der Waals surface area contributed by atoms with E-state index in [0.29, 0.717) is 17.7 Å². The number of piperidine rings is 1. The fraction of sp³-hybridized carbons (Fsp3) is 0.533. The minimum Gasteiger partial charge on any atom is -0.317 e. The fourth-order valence-corrected chi connectivity index (χ4v) is 3.74. The summed E-state index contributed by atoms with van der Waals surface area (Å²) in [5, 5.41) is 12.0. The second-order valence-electron chi connectivity index (χ2n) is 5.95. The number of hydrogen-bond donors (Lipinski definition) is 2.